The Labute approximate surface area is 273 Å². The van der Waals surface area contributed by atoms with Gasteiger partial charge in [-0.1, -0.05) is 61.6 Å². The molecule has 0 radical (unpaired) electrons. The summed E-state index contributed by atoms with van der Waals surface area (Å²) in [6.07, 6.45) is 1.90. The molecule has 5 rings (SSSR count). The quantitative estimate of drug-likeness (QED) is 0.182. The molecule has 0 spiro atoms. The van der Waals surface area contributed by atoms with Gasteiger partial charge in [-0.05, 0) is 86.2 Å². The van der Waals surface area contributed by atoms with Gasteiger partial charge in [0.2, 0.25) is 0 Å². The summed E-state index contributed by atoms with van der Waals surface area (Å²) in [6.45, 7) is 12.8. The maximum absolute atomic E-state index is 14.4. The van der Waals surface area contributed by atoms with Gasteiger partial charge >= 0.3 is 5.97 Å². The molecule has 4 aromatic rings. The van der Waals surface area contributed by atoms with Crippen LogP contribution in [0.25, 0.3) is 11.8 Å². The molecular formula is C37H40N2O6S. The molecule has 0 aliphatic carbocycles. The van der Waals surface area contributed by atoms with Gasteiger partial charge in [0, 0.05) is 5.56 Å². The molecule has 0 bridgehead atoms. The van der Waals surface area contributed by atoms with Crippen molar-refractivity contribution in [2.75, 3.05) is 26.9 Å². The van der Waals surface area contributed by atoms with E-state index in [2.05, 4.69) is 19.9 Å². The summed E-state index contributed by atoms with van der Waals surface area (Å²) in [5.41, 5.74) is 4.86. The zero-order valence-corrected chi connectivity index (χ0v) is 28.2. The molecule has 240 valence electrons. The Kier molecular flexibility index (Phi) is 10.1. The van der Waals surface area contributed by atoms with Crippen LogP contribution in [-0.4, -0.2) is 37.5 Å². The van der Waals surface area contributed by atoms with Crippen LogP contribution < -0.4 is 29.1 Å². The number of hydrogen-bond donors (Lipinski definition) is 0. The minimum atomic E-state index is -0.828. The molecule has 1 aromatic heterocycles. The molecule has 0 saturated heterocycles. The van der Waals surface area contributed by atoms with Crippen molar-refractivity contribution in [1.29, 1.82) is 0 Å². The highest BCUT2D eigenvalue weighted by atomic mass is 32.1. The zero-order valence-electron chi connectivity index (χ0n) is 27.4. The van der Waals surface area contributed by atoms with Crippen LogP contribution in [0.2, 0.25) is 0 Å². The third-order valence-electron chi connectivity index (χ3n) is 7.78. The molecule has 8 nitrogen and oxygen atoms in total. The molecule has 1 atom stereocenters. The van der Waals surface area contributed by atoms with Crippen LogP contribution in [0, 0.1) is 6.92 Å². The third kappa shape index (κ3) is 6.37. The number of nitrogens with zero attached hydrogens (tertiary/aromatic N) is 2. The molecule has 0 unspecified atom stereocenters. The SMILES string of the molecule is CCOC(=O)C1=C(c2ccccc2)N=c2s/c(=C\c3cc(C(C)C)c(OC)cc3C)c(=O)n2[C@H]1c1ccc(OCC)c(OCC)c1. The van der Waals surface area contributed by atoms with E-state index in [9.17, 15) is 9.59 Å². The van der Waals surface area contributed by atoms with Gasteiger partial charge < -0.3 is 18.9 Å². The number of carbonyl (C=O) groups excluding carboxylic acids is 1. The lowest BCUT2D eigenvalue weighted by Crippen LogP contribution is -2.40. The Morgan fingerprint density at radius 2 is 1.67 bits per heavy atom. The van der Waals surface area contributed by atoms with Crippen molar-refractivity contribution in [1.82, 2.24) is 4.57 Å². The number of hydrogen-bond acceptors (Lipinski definition) is 8. The first-order valence-corrected chi connectivity index (χ1v) is 16.4. The summed E-state index contributed by atoms with van der Waals surface area (Å²) in [7, 11) is 1.67. The lowest BCUT2D eigenvalue weighted by atomic mass is 9.93. The fourth-order valence-corrected chi connectivity index (χ4v) is 6.63. The number of thiazole rings is 1. The van der Waals surface area contributed by atoms with E-state index in [1.54, 1.807) is 18.6 Å². The Hall–Kier alpha value is -4.63. The number of ether oxygens (including phenoxy) is 4. The predicted octanol–water partition coefficient (Wildman–Crippen LogP) is 6.17. The molecule has 1 aliphatic rings. The highest BCUT2D eigenvalue weighted by Gasteiger charge is 2.35. The fraction of sp³-hybridized carbons (Fsp3) is 0.324. The second-order valence-corrected chi connectivity index (χ2v) is 12.1. The summed E-state index contributed by atoms with van der Waals surface area (Å²) in [4.78, 5) is 33.7. The van der Waals surface area contributed by atoms with Gasteiger partial charge in [0.05, 0.1) is 48.8 Å². The van der Waals surface area contributed by atoms with Gasteiger partial charge in [-0.25, -0.2) is 9.79 Å². The van der Waals surface area contributed by atoms with Crippen molar-refractivity contribution in [2.45, 2.75) is 53.5 Å². The lowest BCUT2D eigenvalue weighted by Gasteiger charge is -2.26. The Morgan fingerprint density at radius 3 is 2.33 bits per heavy atom. The largest absolute Gasteiger partial charge is 0.496 e. The van der Waals surface area contributed by atoms with Crippen molar-refractivity contribution in [3.8, 4) is 17.2 Å². The smallest absolute Gasteiger partial charge is 0.338 e. The monoisotopic (exact) mass is 640 g/mol. The van der Waals surface area contributed by atoms with Crippen LogP contribution in [0.15, 0.2) is 76.0 Å². The Bertz CT molecular complexity index is 1960. The van der Waals surface area contributed by atoms with Crippen molar-refractivity contribution in [3.63, 3.8) is 0 Å². The average molecular weight is 641 g/mol. The van der Waals surface area contributed by atoms with E-state index >= 15 is 0 Å². The van der Waals surface area contributed by atoms with Gasteiger partial charge in [0.15, 0.2) is 16.3 Å². The molecule has 0 fully saturated rings. The third-order valence-corrected chi connectivity index (χ3v) is 8.77. The molecule has 0 saturated carbocycles. The summed E-state index contributed by atoms with van der Waals surface area (Å²) in [5.74, 6) is 1.62. The molecule has 1 aliphatic heterocycles. The number of esters is 1. The van der Waals surface area contributed by atoms with E-state index in [-0.39, 0.29) is 23.7 Å². The van der Waals surface area contributed by atoms with Crippen molar-refractivity contribution in [3.05, 3.63) is 114 Å². The van der Waals surface area contributed by atoms with Crippen LogP contribution in [0.4, 0.5) is 0 Å². The molecule has 46 heavy (non-hydrogen) atoms. The molecule has 9 heteroatoms. The summed E-state index contributed by atoms with van der Waals surface area (Å²) in [6, 6.07) is 18.3. The fourth-order valence-electron chi connectivity index (χ4n) is 5.63. The summed E-state index contributed by atoms with van der Waals surface area (Å²) in [5, 5.41) is 0. The summed E-state index contributed by atoms with van der Waals surface area (Å²) < 4.78 is 25.1. The van der Waals surface area contributed by atoms with Crippen molar-refractivity contribution < 1.29 is 23.7 Å². The molecule has 3 aromatic carbocycles. The van der Waals surface area contributed by atoms with Crippen LogP contribution in [0.5, 0.6) is 17.2 Å². The number of aryl methyl sites for hydroxylation is 1. The number of fused-ring (bicyclic) bond motifs is 1. The first-order valence-electron chi connectivity index (χ1n) is 15.6. The highest BCUT2D eigenvalue weighted by Crippen LogP contribution is 2.39. The highest BCUT2D eigenvalue weighted by molar-refractivity contribution is 7.07. The van der Waals surface area contributed by atoms with Crippen molar-refractivity contribution in [2.24, 2.45) is 4.99 Å². The first-order chi connectivity index (χ1) is 22.2. The Balaban J connectivity index is 1.83. The van der Waals surface area contributed by atoms with E-state index in [1.807, 2.05) is 81.4 Å². The number of rotatable bonds is 11. The minimum Gasteiger partial charge on any atom is -0.496 e. The maximum Gasteiger partial charge on any atom is 0.338 e. The standard InChI is InChI=1S/C37H40N2O6S/c1-8-43-28-17-16-25(20-30(28)44-9-2)34-32(36(41)45-10-3)33(24-14-12-11-13-15-24)38-37-39(34)35(40)31(46-37)21-26-19-27(22(4)5)29(42-7)18-23(26)6/h11-22,34H,8-10H2,1-7H3/b31-21-/t34-/m0/s1. The second kappa shape index (κ2) is 14.2. The van der Waals surface area contributed by atoms with Crippen LogP contribution >= 0.6 is 11.3 Å². The topological polar surface area (TPSA) is 88.4 Å². The number of benzene rings is 3. The van der Waals surface area contributed by atoms with Crippen LogP contribution in [0.3, 0.4) is 0 Å². The van der Waals surface area contributed by atoms with Crippen molar-refractivity contribution >= 4 is 29.1 Å². The van der Waals surface area contributed by atoms with Gasteiger partial charge in [-0.15, -0.1) is 0 Å². The van der Waals surface area contributed by atoms with E-state index < -0.39 is 12.0 Å². The maximum atomic E-state index is 14.4. The Morgan fingerprint density at radius 1 is 0.957 bits per heavy atom. The first kappa shape index (κ1) is 32.8. The van der Waals surface area contributed by atoms with Crippen LogP contribution in [-0.2, 0) is 9.53 Å². The number of carbonyl (C=O) groups is 1. The number of aromatic nitrogens is 1. The van der Waals surface area contributed by atoms with Gasteiger partial charge in [-0.2, -0.15) is 0 Å². The summed E-state index contributed by atoms with van der Waals surface area (Å²) >= 11 is 1.29. The van der Waals surface area contributed by atoms with E-state index in [4.69, 9.17) is 23.9 Å². The number of methoxy groups -OCH3 is 1. The van der Waals surface area contributed by atoms with Gasteiger partial charge in [0.1, 0.15) is 5.75 Å². The van der Waals surface area contributed by atoms with E-state index in [1.165, 1.54) is 11.3 Å². The second-order valence-electron chi connectivity index (χ2n) is 11.1. The van der Waals surface area contributed by atoms with E-state index in [0.29, 0.717) is 45.3 Å². The lowest BCUT2D eigenvalue weighted by molar-refractivity contribution is -0.138. The molecular weight excluding hydrogens is 600 g/mol. The predicted molar refractivity (Wildman–Crippen MR) is 182 cm³/mol. The molecule has 0 amide bonds. The minimum absolute atomic E-state index is 0.171. The zero-order chi connectivity index (χ0) is 33.0. The van der Waals surface area contributed by atoms with E-state index in [0.717, 1.165) is 28.0 Å². The molecule has 2 heterocycles. The normalized spacial score (nSPS) is 14.6. The van der Waals surface area contributed by atoms with Gasteiger partial charge in [0.25, 0.3) is 5.56 Å². The molecule has 0 N–H and O–H groups in total. The van der Waals surface area contributed by atoms with Crippen LogP contribution in [0.1, 0.15) is 74.4 Å². The van der Waals surface area contributed by atoms with Gasteiger partial charge in [-0.3, -0.25) is 9.36 Å². The average Bonchev–Trinajstić information content (AvgIpc) is 3.36.